The lowest BCUT2D eigenvalue weighted by Crippen LogP contribution is -2.13. The zero-order valence-electron chi connectivity index (χ0n) is 7.98. The van der Waals surface area contributed by atoms with Crippen LogP contribution in [0.1, 0.15) is 25.7 Å². The lowest BCUT2D eigenvalue weighted by molar-refractivity contribution is -0.0852. The number of hydrogen-bond donors (Lipinski definition) is 0. The second-order valence-corrected chi connectivity index (χ2v) is 3.64. The van der Waals surface area contributed by atoms with Gasteiger partial charge in [-0.2, -0.15) is 13.2 Å². The highest BCUT2D eigenvalue weighted by Gasteiger charge is 2.30. The molecule has 0 saturated heterocycles. The van der Waals surface area contributed by atoms with Crippen LogP contribution in [0.15, 0.2) is 17.1 Å². The Morgan fingerprint density at radius 3 is 2.50 bits per heavy atom. The molecule has 0 amide bonds. The number of alkyl halides is 3. The molecule has 1 saturated carbocycles. The van der Waals surface area contributed by atoms with Crippen molar-refractivity contribution in [1.29, 1.82) is 0 Å². The van der Waals surface area contributed by atoms with Crippen LogP contribution in [0, 0.1) is 5.92 Å². The topological polar surface area (TPSA) is 12.4 Å². The van der Waals surface area contributed by atoms with Gasteiger partial charge in [0.25, 0.3) is 0 Å². The van der Waals surface area contributed by atoms with Crippen LogP contribution in [0.4, 0.5) is 13.2 Å². The van der Waals surface area contributed by atoms with Crippen molar-refractivity contribution in [2.45, 2.75) is 31.9 Å². The van der Waals surface area contributed by atoms with Crippen LogP contribution in [0.2, 0.25) is 0 Å². The van der Waals surface area contributed by atoms with E-state index in [4.69, 9.17) is 0 Å². The van der Waals surface area contributed by atoms with Crippen LogP contribution in [-0.4, -0.2) is 18.9 Å². The van der Waals surface area contributed by atoms with E-state index in [0.717, 1.165) is 12.6 Å². The summed E-state index contributed by atoms with van der Waals surface area (Å²) < 4.78 is 35.8. The average Bonchev–Trinajstić information content (AvgIpc) is 1.98. The molecular weight excluding hydrogens is 191 g/mol. The summed E-state index contributed by atoms with van der Waals surface area (Å²) in [6, 6.07) is 0. The number of hydrogen-bond acceptors (Lipinski definition) is 1. The zero-order chi connectivity index (χ0) is 10.6. The fraction of sp³-hybridized carbons (Fsp3) is 0.700. The summed E-state index contributed by atoms with van der Waals surface area (Å²) in [7, 11) is 0. The van der Waals surface area contributed by atoms with Gasteiger partial charge in [-0.05, 0) is 12.3 Å². The number of nitrogens with zero attached hydrogens (tertiary/aromatic N) is 1. The SMILES string of the molecule is C=C(C=NCCC1CCC1)C(F)(F)F. The third kappa shape index (κ3) is 3.52. The zero-order valence-corrected chi connectivity index (χ0v) is 7.98. The summed E-state index contributed by atoms with van der Waals surface area (Å²) in [5.74, 6) is 0.686. The Kier molecular flexibility index (Phi) is 3.72. The molecule has 1 fully saturated rings. The maximum Gasteiger partial charge on any atom is 0.417 e. The van der Waals surface area contributed by atoms with E-state index in [2.05, 4.69) is 11.6 Å². The largest absolute Gasteiger partial charge is 0.417 e. The molecule has 0 aromatic heterocycles. The van der Waals surface area contributed by atoms with E-state index in [1.807, 2.05) is 0 Å². The first-order chi connectivity index (χ1) is 6.50. The summed E-state index contributed by atoms with van der Waals surface area (Å²) in [5.41, 5.74) is -0.869. The number of aliphatic imine (C=N–C) groups is 1. The molecule has 80 valence electrons. The van der Waals surface area contributed by atoms with Crippen molar-refractivity contribution in [3.8, 4) is 0 Å². The van der Waals surface area contributed by atoms with Crippen molar-refractivity contribution in [3.05, 3.63) is 12.2 Å². The first-order valence-electron chi connectivity index (χ1n) is 4.76. The summed E-state index contributed by atoms with van der Waals surface area (Å²) in [6.07, 6.45) is 1.06. The Balaban J connectivity index is 2.16. The quantitative estimate of drug-likeness (QED) is 0.624. The van der Waals surface area contributed by atoms with Gasteiger partial charge < -0.3 is 0 Å². The minimum atomic E-state index is -4.33. The van der Waals surface area contributed by atoms with Crippen molar-refractivity contribution < 1.29 is 13.2 Å². The molecule has 1 aliphatic rings. The summed E-state index contributed by atoms with van der Waals surface area (Å²) >= 11 is 0. The normalized spacial score (nSPS) is 18.5. The molecule has 1 rings (SSSR count). The molecule has 0 unspecified atom stereocenters. The first kappa shape index (κ1) is 11.3. The second kappa shape index (κ2) is 4.62. The Morgan fingerprint density at radius 2 is 2.07 bits per heavy atom. The van der Waals surface area contributed by atoms with Crippen molar-refractivity contribution in [2.24, 2.45) is 10.9 Å². The van der Waals surface area contributed by atoms with Gasteiger partial charge in [-0.15, -0.1) is 0 Å². The van der Waals surface area contributed by atoms with E-state index in [9.17, 15) is 13.2 Å². The van der Waals surface area contributed by atoms with E-state index in [1.54, 1.807) is 0 Å². The van der Waals surface area contributed by atoms with Crippen LogP contribution in [0.25, 0.3) is 0 Å². The smallest absolute Gasteiger partial charge is 0.293 e. The predicted octanol–water partition coefficient (Wildman–Crippen LogP) is 3.37. The van der Waals surface area contributed by atoms with Crippen LogP contribution in [-0.2, 0) is 0 Å². The van der Waals surface area contributed by atoms with Crippen molar-refractivity contribution in [1.82, 2.24) is 0 Å². The summed E-state index contributed by atoms with van der Waals surface area (Å²) in [4.78, 5) is 3.72. The number of allylic oxidation sites excluding steroid dienone is 1. The minimum Gasteiger partial charge on any atom is -0.293 e. The minimum absolute atomic E-state index is 0.486. The average molecular weight is 205 g/mol. The van der Waals surface area contributed by atoms with E-state index in [1.165, 1.54) is 19.3 Å². The highest BCUT2D eigenvalue weighted by Crippen LogP contribution is 2.29. The van der Waals surface area contributed by atoms with Crippen LogP contribution < -0.4 is 0 Å². The lowest BCUT2D eigenvalue weighted by Gasteiger charge is -2.24. The molecule has 1 aliphatic carbocycles. The van der Waals surface area contributed by atoms with Crippen LogP contribution >= 0.6 is 0 Å². The monoisotopic (exact) mass is 205 g/mol. The maximum absolute atomic E-state index is 11.9. The van der Waals surface area contributed by atoms with Gasteiger partial charge in [0.15, 0.2) is 0 Å². The molecule has 0 heterocycles. The van der Waals surface area contributed by atoms with Crippen LogP contribution in [0.3, 0.4) is 0 Å². The molecule has 4 heteroatoms. The summed E-state index contributed by atoms with van der Waals surface area (Å²) in [5, 5.41) is 0. The molecule has 0 aromatic rings. The van der Waals surface area contributed by atoms with E-state index in [-0.39, 0.29) is 0 Å². The molecule has 0 spiro atoms. The predicted molar refractivity (Wildman–Crippen MR) is 50.5 cm³/mol. The molecule has 0 aromatic carbocycles. The van der Waals surface area contributed by atoms with Crippen molar-refractivity contribution in [3.63, 3.8) is 0 Å². The number of halogens is 3. The highest BCUT2D eigenvalue weighted by molar-refractivity contribution is 5.79. The third-order valence-corrected chi connectivity index (χ3v) is 2.50. The van der Waals surface area contributed by atoms with Crippen molar-refractivity contribution in [2.75, 3.05) is 6.54 Å². The number of rotatable bonds is 4. The first-order valence-corrected chi connectivity index (χ1v) is 4.76. The molecule has 14 heavy (non-hydrogen) atoms. The van der Waals surface area contributed by atoms with Gasteiger partial charge in [0.2, 0.25) is 0 Å². The molecule has 0 radical (unpaired) electrons. The van der Waals surface area contributed by atoms with Crippen LogP contribution in [0.5, 0.6) is 0 Å². The second-order valence-electron chi connectivity index (χ2n) is 3.64. The fourth-order valence-electron chi connectivity index (χ4n) is 1.29. The van der Waals surface area contributed by atoms with E-state index >= 15 is 0 Å². The summed E-state index contributed by atoms with van der Waals surface area (Å²) in [6.45, 7) is 3.39. The van der Waals surface area contributed by atoms with E-state index < -0.39 is 11.7 Å². The molecule has 0 atom stereocenters. The maximum atomic E-state index is 11.9. The Morgan fingerprint density at radius 1 is 1.43 bits per heavy atom. The molecule has 1 nitrogen and oxygen atoms in total. The van der Waals surface area contributed by atoms with Gasteiger partial charge in [0.05, 0.1) is 5.57 Å². The molecular formula is C10H14F3N. The molecule has 0 bridgehead atoms. The lowest BCUT2D eigenvalue weighted by atomic mass is 9.83. The fourth-order valence-corrected chi connectivity index (χ4v) is 1.29. The highest BCUT2D eigenvalue weighted by atomic mass is 19.4. The van der Waals surface area contributed by atoms with Gasteiger partial charge in [-0.1, -0.05) is 25.8 Å². The molecule has 0 aliphatic heterocycles. The van der Waals surface area contributed by atoms with Gasteiger partial charge in [0.1, 0.15) is 0 Å². The standard InChI is InChI=1S/C10H14F3N/c1-8(10(11,12)13)7-14-6-5-9-3-2-4-9/h7,9H,1-6H2. The third-order valence-electron chi connectivity index (χ3n) is 2.50. The van der Waals surface area contributed by atoms with Gasteiger partial charge in [-0.3, -0.25) is 4.99 Å². The Labute approximate surface area is 81.7 Å². The Hall–Kier alpha value is -0.800. The Bertz CT molecular complexity index is 226. The van der Waals surface area contributed by atoms with E-state index in [0.29, 0.717) is 12.5 Å². The van der Waals surface area contributed by atoms with Crippen molar-refractivity contribution >= 4 is 6.21 Å². The van der Waals surface area contributed by atoms with Gasteiger partial charge in [-0.25, -0.2) is 0 Å². The van der Waals surface area contributed by atoms with Gasteiger partial charge >= 0.3 is 6.18 Å². The molecule has 0 N–H and O–H groups in total. The van der Waals surface area contributed by atoms with Gasteiger partial charge in [0, 0.05) is 12.8 Å².